The number of ketones is 1. The van der Waals surface area contributed by atoms with Gasteiger partial charge in [-0.15, -0.1) is 0 Å². The van der Waals surface area contributed by atoms with Crippen LogP contribution in [-0.2, 0) is 4.79 Å². The van der Waals surface area contributed by atoms with Gasteiger partial charge in [0, 0.05) is 13.1 Å². The Balaban J connectivity index is 3.69. The Morgan fingerprint density at radius 1 is 1.14 bits per heavy atom. The standard InChI is InChI=1S/C15H31N3O2S/c1-13(19)15(2,3)17-14(20)16-9-11-18(4)10-7-6-8-12-21-5/h6-12H2,1-5H3,(H2,16,17,20). The Morgan fingerprint density at radius 3 is 2.38 bits per heavy atom. The van der Waals surface area contributed by atoms with Crippen molar-refractivity contribution in [1.29, 1.82) is 0 Å². The molecule has 0 aromatic heterocycles. The van der Waals surface area contributed by atoms with Crippen LogP contribution in [0.15, 0.2) is 0 Å². The van der Waals surface area contributed by atoms with Gasteiger partial charge in [-0.25, -0.2) is 4.79 Å². The number of nitrogens with one attached hydrogen (secondary N) is 2. The van der Waals surface area contributed by atoms with Crippen LogP contribution < -0.4 is 10.6 Å². The van der Waals surface area contributed by atoms with Crippen molar-refractivity contribution in [3.05, 3.63) is 0 Å². The maximum atomic E-state index is 11.7. The lowest BCUT2D eigenvalue weighted by molar-refractivity contribution is -0.121. The van der Waals surface area contributed by atoms with Gasteiger partial charge in [0.2, 0.25) is 0 Å². The summed E-state index contributed by atoms with van der Waals surface area (Å²) in [6, 6.07) is -0.288. The van der Waals surface area contributed by atoms with E-state index in [-0.39, 0.29) is 11.8 Å². The van der Waals surface area contributed by atoms with Gasteiger partial charge in [-0.2, -0.15) is 11.8 Å². The van der Waals surface area contributed by atoms with Gasteiger partial charge in [0.15, 0.2) is 5.78 Å². The lowest BCUT2D eigenvalue weighted by Gasteiger charge is -2.23. The molecule has 0 saturated heterocycles. The molecule has 124 valence electrons. The molecule has 6 heteroatoms. The normalized spacial score (nSPS) is 11.5. The van der Waals surface area contributed by atoms with Gasteiger partial charge in [0.1, 0.15) is 0 Å². The van der Waals surface area contributed by atoms with Crippen LogP contribution in [0.3, 0.4) is 0 Å². The Morgan fingerprint density at radius 2 is 1.81 bits per heavy atom. The number of carbonyl (C=O) groups is 2. The molecular formula is C15H31N3O2S. The Labute approximate surface area is 133 Å². The molecule has 2 N–H and O–H groups in total. The number of urea groups is 1. The summed E-state index contributed by atoms with van der Waals surface area (Å²) >= 11 is 1.89. The van der Waals surface area contributed by atoms with E-state index >= 15 is 0 Å². The highest BCUT2D eigenvalue weighted by Gasteiger charge is 2.25. The minimum absolute atomic E-state index is 0.0555. The molecule has 0 aromatic rings. The second kappa shape index (κ2) is 10.9. The van der Waals surface area contributed by atoms with Crippen molar-refractivity contribution < 1.29 is 9.59 Å². The first-order valence-electron chi connectivity index (χ1n) is 7.54. The third-order valence-electron chi connectivity index (χ3n) is 3.47. The van der Waals surface area contributed by atoms with Gasteiger partial charge in [0.25, 0.3) is 0 Å². The minimum atomic E-state index is -0.812. The lowest BCUT2D eigenvalue weighted by Crippen LogP contribution is -2.53. The number of rotatable bonds is 11. The highest BCUT2D eigenvalue weighted by Crippen LogP contribution is 2.03. The van der Waals surface area contributed by atoms with E-state index in [1.54, 1.807) is 13.8 Å². The zero-order valence-corrected chi connectivity index (χ0v) is 14.9. The summed E-state index contributed by atoms with van der Waals surface area (Å²) in [4.78, 5) is 25.2. The fourth-order valence-electron chi connectivity index (χ4n) is 1.69. The first-order chi connectivity index (χ1) is 9.79. The molecule has 0 saturated carbocycles. The van der Waals surface area contributed by atoms with Crippen LogP contribution in [0, 0.1) is 0 Å². The molecule has 0 aromatic carbocycles. The zero-order chi connectivity index (χ0) is 16.3. The van der Waals surface area contributed by atoms with E-state index in [1.807, 2.05) is 11.8 Å². The van der Waals surface area contributed by atoms with E-state index in [2.05, 4.69) is 28.8 Å². The smallest absolute Gasteiger partial charge is 0.315 e. The van der Waals surface area contributed by atoms with Gasteiger partial charge in [-0.05, 0) is 59.2 Å². The SMILES string of the molecule is CSCCCCCN(C)CCNC(=O)NC(C)(C)C(C)=O. The fraction of sp³-hybridized carbons (Fsp3) is 0.867. The van der Waals surface area contributed by atoms with Crippen molar-refractivity contribution in [1.82, 2.24) is 15.5 Å². The third kappa shape index (κ3) is 10.6. The largest absolute Gasteiger partial charge is 0.337 e. The minimum Gasteiger partial charge on any atom is -0.337 e. The molecule has 0 radical (unpaired) electrons. The van der Waals surface area contributed by atoms with E-state index in [9.17, 15) is 9.59 Å². The van der Waals surface area contributed by atoms with Gasteiger partial charge in [0.05, 0.1) is 5.54 Å². The van der Waals surface area contributed by atoms with Crippen molar-refractivity contribution in [3.63, 3.8) is 0 Å². The maximum Gasteiger partial charge on any atom is 0.315 e. The number of thioether (sulfide) groups is 1. The molecule has 0 fully saturated rings. The highest BCUT2D eigenvalue weighted by molar-refractivity contribution is 7.98. The number of likely N-dealkylation sites (N-methyl/N-ethyl adjacent to an activating group) is 1. The Hall–Kier alpha value is -0.750. The molecule has 21 heavy (non-hydrogen) atoms. The van der Waals surface area contributed by atoms with Crippen molar-refractivity contribution >= 4 is 23.6 Å². The number of unbranched alkanes of at least 4 members (excludes halogenated alkanes) is 2. The van der Waals surface area contributed by atoms with Crippen molar-refractivity contribution in [2.45, 2.75) is 45.6 Å². The molecule has 0 rings (SSSR count). The number of nitrogens with zero attached hydrogens (tertiary/aromatic N) is 1. The average molecular weight is 317 g/mol. The first kappa shape index (κ1) is 20.2. The van der Waals surface area contributed by atoms with Crippen molar-refractivity contribution in [2.75, 3.05) is 38.7 Å². The summed E-state index contributed by atoms with van der Waals surface area (Å²) in [7, 11) is 2.06. The van der Waals surface area contributed by atoms with E-state index in [0.717, 1.165) is 13.1 Å². The molecule has 0 spiro atoms. The first-order valence-corrected chi connectivity index (χ1v) is 8.93. The summed E-state index contributed by atoms with van der Waals surface area (Å²) < 4.78 is 0. The Kier molecular flexibility index (Phi) is 10.5. The highest BCUT2D eigenvalue weighted by atomic mass is 32.2. The van der Waals surface area contributed by atoms with E-state index < -0.39 is 5.54 Å². The van der Waals surface area contributed by atoms with Crippen molar-refractivity contribution in [2.24, 2.45) is 0 Å². The summed E-state index contributed by atoms with van der Waals surface area (Å²) in [5, 5.41) is 5.46. The molecule has 0 aliphatic rings. The lowest BCUT2D eigenvalue weighted by atomic mass is 10.0. The van der Waals surface area contributed by atoms with Gasteiger partial charge < -0.3 is 15.5 Å². The second-order valence-electron chi connectivity index (χ2n) is 5.92. The predicted molar refractivity (Wildman–Crippen MR) is 91.0 cm³/mol. The Bertz CT molecular complexity index is 322. The average Bonchev–Trinajstić information content (AvgIpc) is 2.37. The van der Waals surface area contributed by atoms with E-state index in [0.29, 0.717) is 6.54 Å². The number of amides is 2. The van der Waals surface area contributed by atoms with Crippen molar-refractivity contribution in [3.8, 4) is 0 Å². The zero-order valence-electron chi connectivity index (χ0n) is 14.1. The van der Waals surface area contributed by atoms with Crippen LogP contribution in [0.1, 0.15) is 40.0 Å². The molecule has 0 bridgehead atoms. The molecule has 0 atom stereocenters. The number of hydrogen-bond acceptors (Lipinski definition) is 4. The number of Topliss-reactive ketones (excluding diaryl/α,β-unsaturated/α-hetero) is 1. The van der Waals surface area contributed by atoms with Crippen LogP contribution in [0.4, 0.5) is 4.79 Å². The van der Waals surface area contributed by atoms with Gasteiger partial charge in [-0.1, -0.05) is 6.42 Å². The van der Waals surface area contributed by atoms with E-state index in [1.165, 1.54) is 31.9 Å². The monoisotopic (exact) mass is 317 g/mol. The fourth-order valence-corrected chi connectivity index (χ4v) is 2.19. The molecule has 5 nitrogen and oxygen atoms in total. The quantitative estimate of drug-likeness (QED) is 0.573. The van der Waals surface area contributed by atoms with Crippen LogP contribution in [0.2, 0.25) is 0 Å². The summed E-state index contributed by atoms with van der Waals surface area (Å²) in [6.07, 6.45) is 5.86. The molecular weight excluding hydrogens is 286 g/mol. The van der Waals surface area contributed by atoms with E-state index in [4.69, 9.17) is 0 Å². The molecule has 0 unspecified atom stereocenters. The molecule has 0 aliphatic heterocycles. The molecule has 0 aliphatic carbocycles. The molecule has 2 amide bonds. The second-order valence-corrected chi connectivity index (χ2v) is 6.90. The van der Waals surface area contributed by atoms with Crippen LogP contribution in [0.25, 0.3) is 0 Å². The third-order valence-corrected chi connectivity index (χ3v) is 4.17. The predicted octanol–water partition coefficient (Wildman–Crippen LogP) is 2.12. The van der Waals surface area contributed by atoms with Crippen LogP contribution in [0.5, 0.6) is 0 Å². The molecule has 0 heterocycles. The summed E-state index contributed by atoms with van der Waals surface area (Å²) in [6.45, 7) is 7.34. The topological polar surface area (TPSA) is 61.4 Å². The maximum absolute atomic E-state index is 11.7. The summed E-state index contributed by atoms with van der Waals surface area (Å²) in [5.74, 6) is 1.18. The van der Waals surface area contributed by atoms with Crippen LogP contribution >= 0.6 is 11.8 Å². The number of hydrogen-bond donors (Lipinski definition) is 2. The van der Waals surface area contributed by atoms with Crippen LogP contribution in [-0.4, -0.2) is 60.9 Å². The number of carbonyl (C=O) groups excluding carboxylic acids is 2. The summed E-state index contributed by atoms with van der Waals surface area (Å²) in [5.41, 5.74) is -0.812. The van der Waals surface area contributed by atoms with Gasteiger partial charge in [-0.3, -0.25) is 4.79 Å². The van der Waals surface area contributed by atoms with Gasteiger partial charge >= 0.3 is 6.03 Å².